The molecule has 58 heavy (non-hydrogen) atoms. The summed E-state index contributed by atoms with van der Waals surface area (Å²) in [7, 11) is 0. The molecule has 4 unspecified atom stereocenters. The topological polar surface area (TPSA) is 110 Å². The smallest absolute Gasteiger partial charge is 0.249 e. The highest BCUT2D eigenvalue weighted by molar-refractivity contribution is 5.80. The number of carbonyl (C=O) groups excluding carboxylic acids is 1. The summed E-state index contributed by atoms with van der Waals surface area (Å²) in [6.45, 7) is 4.09. The lowest BCUT2D eigenvalue weighted by atomic mass is 9.99. The third kappa shape index (κ3) is 40.7. The highest BCUT2D eigenvalue weighted by atomic mass is 16.3. The average molecular weight is 824 g/mol. The van der Waals surface area contributed by atoms with Crippen molar-refractivity contribution in [1.29, 1.82) is 0 Å². The van der Waals surface area contributed by atoms with E-state index in [4.69, 9.17) is 0 Å². The number of hydrogen-bond acceptors (Lipinski definition) is 5. The van der Waals surface area contributed by atoms with Crippen LogP contribution >= 0.6 is 0 Å². The summed E-state index contributed by atoms with van der Waals surface area (Å²) >= 11 is 0. The molecule has 0 bridgehead atoms. The molecule has 0 saturated carbocycles. The van der Waals surface area contributed by atoms with Gasteiger partial charge >= 0.3 is 0 Å². The van der Waals surface area contributed by atoms with Crippen molar-refractivity contribution < 1.29 is 25.2 Å². The third-order valence-corrected chi connectivity index (χ3v) is 12.8. The van der Waals surface area contributed by atoms with Gasteiger partial charge in [0, 0.05) is 0 Å². The Hall–Kier alpha value is -0.690. The predicted molar refractivity (Wildman–Crippen MR) is 252 cm³/mol. The van der Waals surface area contributed by atoms with Gasteiger partial charge in [0.2, 0.25) is 5.91 Å². The van der Waals surface area contributed by atoms with Crippen molar-refractivity contribution >= 4 is 5.91 Å². The van der Waals surface area contributed by atoms with Crippen molar-refractivity contribution in [2.24, 2.45) is 0 Å². The molecule has 348 valence electrons. The van der Waals surface area contributed by atoms with Crippen molar-refractivity contribution in [3.05, 3.63) is 0 Å². The first-order valence-corrected chi connectivity index (χ1v) is 26.4. The SMILES string of the molecule is CCCCCCCCCCCCCCCCCCCCCCCCC(O)C(=O)NC(CO)C(O)C(O)CCCCCCCCCCCCCCCCCCCCCC. The fraction of sp³-hybridized carbons (Fsp3) is 0.981. The van der Waals surface area contributed by atoms with E-state index < -0.39 is 36.9 Å². The second-order valence-electron chi connectivity index (χ2n) is 18.6. The number of unbranched alkanes of at least 4 members (excludes halogenated alkanes) is 40. The molecule has 0 aromatic rings. The summed E-state index contributed by atoms with van der Waals surface area (Å²) in [5.41, 5.74) is 0. The van der Waals surface area contributed by atoms with Crippen LogP contribution in [0.1, 0.15) is 296 Å². The number of aliphatic hydroxyl groups is 4. The lowest BCUT2D eigenvalue weighted by Gasteiger charge is -2.27. The zero-order chi connectivity index (χ0) is 42.4. The molecule has 5 N–H and O–H groups in total. The van der Waals surface area contributed by atoms with Gasteiger partial charge in [0.1, 0.15) is 12.2 Å². The first-order valence-electron chi connectivity index (χ1n) is 26.4. The first-order chi connectivity index (χ1) is 28.5. The molecule has 0 aromatic heterocycles. The number of amides is 1. The summed E-state index contributed by atoms with van der Waals surface area (Å²) in [4.78, 5) is 12.6. The van der Waals surface area contributed by atoms with Crippen LogP contribution in [0.4, 0.5) is 0 Å². The van der Waals surface area contributed by atoms with Crippen molar-refractivity contribution in [3.63, 3.8) is 0 Å². The number of nitrogens with one attached hydrogen (secondary N) is 1. The van der Waals surface area contributed by atoms with E-state index in [1.165, 1.54) is 231 Å². The Morgan fingerprint density at radius 3 is 0.828 bits per heavy atom. The van der Waals surface area contributed by atoms with E-state index >= 15 is 0 Å². The Balaban J connectivity index is 3.62. The molecule has 6 nitrogen and oxygen atoms in total. The van der Waals surface area contributed by atoms with Gasteiger partial charge in [-0.2, -0.15) is 0 Å². The molecule has 0 fully saturated rings. The number of carbonyl (C=O) groups is 1. The van der Waals surface area contributed by atoms with Gasteiger partial charge in [-0.15, -0.1) is 0 Å². The zero-order valence-electron chi connectivity index (χ0n) is 39.3. The van der Waals surface area contributed by atoms with Crippen LogP contribution in [0.5, 0.6) is 0 Å². The highest BCUT2D eigenvalue weighted by Crippen LogP contribution is 2.18. The van der Waals surface area contributed by atoms with E-state index in [1.54, 1.807) is 0 Å². The summed E-state index contributed by atoms with van der Waals surface area (Å²) in [5, 5.41) is 43.9. The standard InChI is InChI=1S/C52H105NO5/c1-3-5-7-9-11-13-15-17-19-21-23-25-26-28-30-32-34-36-38-40-42-44-46-50(56)52(58)53-48(47-54)51(57)49(55)45-43-41-39-37-35-33-31-29-27-24-22-20-18-16-14-12-10-8-6-4-2/h48-51,54-57H,3-47H2,1-2H3,(H,53,58). The largest absolute Gasteiger partial charge is 0.394 e. The van der Waals surface area contributed by atoms with Crippen LogP contribution in [-0.4, -0.2) is 57.3 Å². The quantitative estimate of drug-likeness (QED) is 0.0393. The van der Waals surface area contributed by atoms with Crippen LogP contribution in [0.2, 0.25) is 0 Å². The molecule has 6 heteroatoms. The number of aliphatic hydroxyl groups excluding tert-OH is 4. The predicted octanol–water partition coefficient (Wildman–Crippen LogP) is 14.8. The molecule has 4 atom stereocenters. The fourth-order valence-electron chi connectivity index (χ4n) is 8.64. The first kappa shape index (κ1) is 57.3. The van der Waals surface area contributed by atoms with Gasteiger partial charge in [0.05, 0.1) is 18.8 Å². The zero-order valence-corrected chi connectivity index (χ0v) is 39.3. The molecule has 0 rings (SSSR count). The number of hydrogen-bond donors (Lipinski definition) is 5. The van der Waals surface area contributed by atoms with Crippen LogP contribution < -0.4 is 5.32 Å². The van der Waals surface area contributed by atoms with Gasteiger partial charge in [0.15, 0.2) is 0 Å². The molecule has 0 aliphatic carbocycles. The molecule has 1 amide bonds. The molecule has 0 radical (unpaired) electrons. The normalized spacial score (nSPS) is 13.8. The second kappa shape index (κ2) is 47.4. The maximum absolute atomic E-state index is 12.6. The van der Waals surface area contributed by atoms with E-state index in [2.05, 4.69) is 19.2 Å². The molecule has 0 aliphatic heterocycles. The molecule has 0 spiro atoms. The van der Waals surface area contributed by atoms with Gasteiger partial charge in [-0.3, -0.25) is 4.79 Å². The number of rotatable bonds is 49. The van der Waals surface area contributed by atoms with Gasteiger partial charge in [0.25, 0.3) is 0 Å². The Bertz CT molecular complexity index is 796. The fourth-order valence-corrected chi connectivity index (χ4v) is 8.64. The molecule has 0 aromatic carbocycles. The minimum Gasteiger partial charge on any atom is -0.394 e. The molecular weight excluding hydrogens is 719 g/mol. The maximum atomic E-state index is 12.6. The Labute approximate surface area is 362 Å². The maximum Gasteiger partial charge on any atom is 0.249 e. The van der Waals surface area contributed by atoms with Crippen LogP contribution in [0.15, 0.2) is 0 Å². The third-order valence-electron chi connectivity index (χ3n) is 12.8. The van der Waals surface area contributed by atoms with E-state index in [0.29, 0.717) is 12.8 Å². The summed E-state index contributed by atoms with van der Waals surface area (Å²) in [5.74, 6) is -0.576. The molecular formula is C52H105NO5. The lowest BCUT2D eigenvalue weighted by molar-refractivity contribution is -0.132. The van der Waals surface area contributed by atoms with E-state index in [9.17, 15) is 25.2 Å². The van der Waals surface area contributed by atoms with Crippen molar-refractivity contribution in [1.82, 2.24) is 5.32 Å². The van der Waals surface area contributed by atoms with Gasteiger partial charge in [-0.05, 0) is 12.8 Å². The van der Waals surface area contributed by atoms with Crippen molar-refractivity contribution in [2.45, 2.75) is 321 Å². The minimum absolute atomic E-state index is 0.376. The van der Waals surface area contributed by atoms with Crippen LogP contribution in [0.25, 0.3) is 0 Å². The van der Waals surface area contributed by atoms with Crippen LogP contribution in [0, 0.1) is 0 Å². The van der Waals surface area contributed by atoms with Gasteiger partial charge < -0.3 is 25.7 Å². The second-order valence-corrected chi connectivity index (χ2v) is 18.6. The van der Waals surface area contributed by atoms with E-state index in [-0.39, 0.29) is 0 Å². The van der Waals surface area contributed by atoms with Gasteiger partial charge in [-0.25, -0.2) is 0 Å². The van der Waals surface area contributed by atoms with Crippen LogP contribution in [0.3, 0.4) is 0 Å². The average Bonchev–Trinajstić information content (AvgIpc) is 3.23. The minimum atomic E-state index is -1.25. The summed E-state index contributed by atoms with van der Waals surface area (Å²) < 4.78 is 0. The Kier molecular flexibility index (Phi) is 46.8. The van der Waals surface area contributed by atoms with Gasteiger partial charge in [-0.1, -0.05) is 284 Å². The molecule has 0 aliphatic rings. The van der Waals surface area contributed by atoms with Crippen LogP contribution in [-0.2, 0) is 4.79 Å². The molecule has 0 saturated heterocycles. The Morgan fingerprint density at radius 2 is 0.586 bits per heavy atom. The van der Waals surface area contributed by atoms with Crippen molar-refractivity contribution in [3.8, 4) is 0 Å². The van der Waals surface area contributed by atoms with E-state index in [1.807, 2.05) is 0 Å². The lowest BCUT2D eigenvalue weighted by Crippen LogP contribution is -2.53. The molecule has 0 heterocycles. The van der Waals surface area contributed by atoms with Crippen molar-refractivity contribution in [2.75, 3.05) is 6.61 Å². The van der Waals surface area contributed by atoms with E-state index in [0.717, 1.165) is 38.5 Å². The summed E-state index contributed by atoms with van der Waals surface area (Å²) in [6.07, 6.45) is 52.9. The monoisotopic (exact) mass is 824 g/mol. The highest BCUT2D eigenvalue weighted by Gasteiger charge is 2.28. The Morgan fingerprint density at radius 1 is 0.362 bits per heavy atom. The summed E-state index contributed by atoms with van der Waals surface area (Å²) in [6, 6.07) is -0.980.